The molecule has 0 spiro atoms. The van der Waals surface area contributed by atoms with Crippen molar-refractivity contribution in [2.45, 2.75) is 32.5 Å². The third kappa shape index (κ3) is 7.87. The molecule has 0 saturated carbocycles. The number of aliphatic hydroxyl groups excluding tert-OH is 2. The van der Waals surface area contributed by atoms with E-state index < -0.39 is 6.10 Å². The molecule has 1 rings (SSSR count). The van der Waals surface area contributed by atoms with E-state index in [0.717, 1.165) is 18.4 Å². The standard InChI is InChI=1S/C17H28O5/c1-2-3-9-20-13-16(10-18)17(11-19)22-14-21-12-15-7-5-4-6-8-15/h4-8,16-19H,2-3,9-14H2,1H3/t16-,17-/m1/s1. The topological polar surface area (TPSA) is 68.2 Å². The Morgan fingerprint density at radius 1 is 1.05 bits per heavy atom. The Hall–Kier alpha value is -0.980. The monoisotopic (exact) mass is 312 g/mol. The van der Waals surface area contributed by atoms with Crippen LogP contribution in [-0.2, 0) is 20.8 Å². The highest BCUT2D eigenvalue weighted by Gasteiger charge is 2.21. The van der Waals surface area contributed by atoms with Gasteiger partial charge in [-0.3, -0.25) is 0 Å². The average Bonchev–Trinajstić information content (AvgIpc) is 2.57. The van der Waals surface area contributed by atoms with Crippen LogP contribution in [0.3, 0.4) is 0 Å². The number of benzene rings is 1. The maximum atomic E-state index is 9.41. The highest BCUT2D eigenvalue weighted by molar-refractivity contribution is 5.13. The molecule has 2 atom stereocenters. The van der Waals surface area contributed by atoms with Gasteiger partial charge in [0.25, 0.3) is 0 Å². The highest BCUT2D eigenvalue weighted by atomic mass is 16.7. The Kier molecular flexibility index (Phi) is 10.9. The molecule has 0 aliphatic carbocycles. The van der Waals surface area contributed by atoms with Gasteiger partial charge in [0, 0.05) is 12.5 Å². The summed E-state index contributed by atoms with van der Waals surface area (Å²) in [5.41, 5.74) is 1.06. The zero-order valence-electron chi connectivity index (χ0n) is 13.3. The smallest absolute Gasteiger partial charge is 0.147 e. The van der Waals surface area contributed by atoms with Crippen molar-refractivity contribution in [2.24, 2.45) is 5.92 Å². The molecule has 0 aromatic heterocycles. The molecule has 0 fully saturated rings. The number of unbranched alkanes of at least 4 members (excludes halogenated alkanes) is 1. The van der Waals surface area contributed by atoms with E-state index in [4.69, 9.17) is 14.2 Å². The Morgan fingerprint density at radius 3 is 2.45 bits per heavy atom. The number of hydrogen-bond acceptors (Lipinski definition) is 5. The van der Waals surface area contributed by atoms with Gasteiger partial charge < -0.3 is 24.4 Å². The van der Waals surface area contributed by atoms with Crippen molar-refractivity contribution in [3.8, 4) is 0 Å². The Morgan fingerprint density at radius 2 is 1.82 bits per heavy atom. The van der Waals surface area contributed by atoms with Gasteiger partial charge in [-0.2, -0.15) is 0 Å². The molecule has 1 aromatic carbocycles. The van der Waals surface area contributed by atoms with Gasteiger partial charge in [0.05, 0.1) is 32.5 Å². The van der Waals surface area contributed by atoms with Crippen LogP contribution in [0.4, 0.5) is 0 Å². The fourth-order valence-electron chi connectivity index (χ4n) is 1.97. The molecule has 0 aliphatic rings. The first-order valence-electron chi connectivity index (χ1n) is 7.84. The van der Waals surface area contributed by atoms with Gasteiger partial charge in [0.15, 0.2) is 0 Å². The fraction of sp³-hybridized carbons (Fsp3) is 0.647. The first kappa shape index (κ1) is 19.1. The lowest BCUT2D eigenvalue weighted by molar-refractivity contribution is -0.139. The van der Waals surface area contributed by atoms with Crippen molar-refractivity contribution >= 4 is 0 Å². The maximum Gasteiger partial charge on any atom is 0.147 e. The van der Waals surface area contributed by atoms with Crippen LogP contribution in [0.5, 0.6) is 0 Å². The molecule has 0 amide bonds. The Labute approximate surface area is 132 Å². The molecule has 5 heteroatoms. The van der Waals surface area contributed by atoms with Gasteiger partial charge >= 0.3 is 0 Å². The molecule has 0 unspecified atom stereocenters. The minimum absolute atomic E-state index is 0.0750. The largest absolute Gasteiger partial charge is 0.396 e. The van der Waals surface area contributed by atoms with Crippen LogP contribution in [-0.4, -0.2) is 49.5 Å². The van der Waals surface area contributed by atoms with Crippen LogP contribution in [0.25, 0.3) is 0 Å². The second-order valence-corrected chi connectivity index (χ2v) is 5.21. The average molecular weight is 312 g/mol. The Balaban J connectivity index is 2.23. The van der Waals surface area contributed by atoms with Crippen molar-refractivity contribution in [1.82, 2.24) is 0 Å². The lowest BCUT2D eigenvalue weighted by Crippen LogP contribution is -2.34. The van der Waals surface area contributed by atoms with Gasteiger partial charge in [0.1, 0.15) is 6.79 Å². The van der Waals surface area contributed by atoms with Gasteiger partial charge in [-0.05, 0) is 12.0 Å². The summed E-state index contributed by atoms with van der Waals surface area (Å²) in [7, 11) is 0. The normalized spacial score (nSPS) is 14.0. The molecule has 22 heavy (non-hydrogen) atoms. The van der Waals surface area contributed by atoms with Crippen LogP contribution >= 0.6 is 0 Å². The molecule has 0 heterocycles. The SMILES string of the molecule is CCCCOC[C@@H](CO)[C@@H](CO)OCOCc1ccccc1. The van der Waals surface area contributed by atoms with E-state index in [0.29, 0.717) is 19.8 Å². The molecule has 2 N–H and O–H groups in total. The van der Waals surface area contributed by atoms with Crippen LogP contribution in [0, 0.1) is 5.92 Å². The van der Waals surface area contributed by atoms with E-state index in [2.05, 4.69) is 6.92 Å². The molecule has 0 saturated heterocycles. The predicted molar refractivity (Wildman–Crippen MR) is 84.4 cm³/mol. The van der Waals surface area contributed by atoms with Gasteiger partial charge in [-0.25, -0.2) is 0 Å². The minimum Gasteiger partial charge on any atom is -0.396 e. The summed E-state index contributed by atoms with van der Waals surface area (Å²) in [4.78, 5) is 0. The summed E-state index contributed by atoms with van der Waals surface area (Å²) >= 11 is 0. The lowest BCUT2D eigenvalue weighted by Gasteiger charge is -2.24. The van der Waals surface area contributed by atoms with Gasteiger partial charge in [-0.1, -0.05) is 43.7 Å². The van der Waals surface area contributed by atoms with E-state index in [1.165, 1.54) is 0 Å². The first-order chi connectivity index (χ1) is 10.8. The second-order valence-electron chi connectivity index (χ2n) is 5.21. The fourth-order valence-corrected chi connectivity index (χ4v) is 1.97. The Bertz CT molecular complexity index is 357. The zero-order chi connectivity index (χ0) is 16.0. The number of aliphatic hydroxyl groups is 2. The molecule has 1 aromatic rings. The van der Waals surface area contributed by atoms with Crippen LogP contribution < -0.4 is 0 Å². The quantitative estimate of drug-likeness (QED) is 0.430. The van der Waals surface area contributed by atoms with Gasteiger partial charge in [0.2, 0.25) is 0 Å². The summed E-state index contributed by atoms with van der Waals surface area (Å²) in [6, 6.07) is 9.80. The number of ether oxygens (including phenoxy) is 3. The number of hydrogen-bond donors (Lipinski definition) is 2. The molecule has 0 radical (unpaired) electrons. The zero-order valence-corrected chi connectivity index (χ0v) is 13.3. The molecule has 5 nitrogen and oxygen atoms in total. The summed E-state index contributed by atoms with van der Waals surface area (Å²) in [5, 5.41) is 18.8. The highest BCUT2D eigenvalue weighted by Crippen LogP contribution is 2.10. The summed E-state index contributed by atoms with van der Waals surface area (Å²) in [5.74, 6) is -0.248. The summed E-state index contributed by atoms with van der Waals surface area (Å²) in [6.07, 6.45) is 1.57. The van der Waals surface area contributed by atoms with Crippen molar-refractivity contribution in [3.63, 3.8) is 0 Å². The summed E-state index contributed by atoms with van der Waals surface area (Å²) in [6.45, 7) is 3.40. The van der Waals surface area contributed by atoms with Crippen molar-refractivity contribution in [1.29, 1.82) is 0 Å². The lowest BCUT2D eigenvalue weighted by atomic mass is 10.1. The van der Waals surface area contributed by atoms with Crippen LogP contribution in [0.15, 0.2) is 30.3 Å². The molecule has 0 aliphatic heterocycles. The molecular weight excluding hydrogens is 284 g/mol. The van der Waals surface area contributed by atoms with Crippen molar-refractivity contribution in [2.75, 3.05) is 33.2 Å². The molecule has 126 valence electrons. The molecular formula is C17H28O5. The maximum absolute atomic E-state index is 9.41. The van der Waals surface area contributed by atoms with Crippen LogP contribution in [0.1, 0.15) is 25.3 Å². The second kappa shape index (κ2) is 12.6. The van der Waals surface area contributed by atoms with Crippen LogP contribution in [0.2, 0.25) is 0 Å². The summed E-state index contributed by atoms with van der Waals surface area (Å²) < 4.78 is 16.4. The first-order valence-corrected chi connectivity index (χ1v) is 7.84. The van der Waals surface area contributed by atoms with E-state index in [1.807, 2.05) is 30.3 Å². The van der Waals surface area contributed by atoms with Gasteiger partial charge in [-0.15, -0.1) is 0 Å². The number of rotatable bonds is 13. The third-order valence-corrected chi connectivity index (χ3v) is 3.39. The third-order valence-electron chi connectivity index (χ3n) is 3.39. The van der Waals surface area contributed by atoms with E-state index in [9.17, 15) is 10.2 Å². The van der Waals surface area contributed by atoms with Crippen molar-refractivity contribution in [3.05, 3.63) is 35.9 Å². The van der Waals surface area contributed by atoms with E-state index in [1.54, 1.807) is 0 Å². The minimum atomic E-state index is -0.484. The predicted octanol–water partition coefficient (Wildman–Crippen LogP) is 1.96. The van der Waals surface area contributed by atoms with Crippen molar-refractivity contribution < 1.29 is 24.4 Å². The van der Waals surface area contributed by atoms with E-state index in [-0.39, 0.29) is 25.9 Å². The molecule has 0 bridgehead atoms. The van der Waals surface area contributed by atoms with E-state index >= 15 is 0 Å².